The van der Waals surface area contributed by atoms with Crippen molar-refractivity contribution in [3.63, 3.8) is 0 Å². The second kappa shape index (κ2) is 10.4. The zero-order valence-electron chi connectivity index (χ0n) is 17.6. The number of hydrogen-bond donors (Lipinski definition) is 4. The van der Waals surface area contributed by atoms with Gasteiger partial charge in [-0.15, -0.1) is 10.2 Å². The van der Waals surface area contributed by atoms with Crippen molar-refractivity contribution >= 4 is 64.2 Å². The maximum atomic E-state index is 11.1. The Hall–Kier alpha value is -3.23. The number of azo groups is 1. The monoisotopic (exact) mass is 525 g/mol. The molecule has 0 aliphatic heterocycles. The van der Waals surface area contributed by atoms with E-state index in [0.717, 1.165) is 10.2 Å². The average molecular weight is 526 g/mol. The zero-order valence-corrected chi connectivity index (χ0v) is 20.1. The van der Waals surface area contributed by atoms with Gasteiger partial charge in [-0.2, -0.15) is 22.1 Å². The summed E-state index contributed by atoms with van der Waals surface area (Å²) in [6, 6.07) is 9.36. The van der Waals surface area contributed by atoms with Crippen LogP contribution in [0.4, 0.5) is 22.5 Å². The summed E-state index contributed by atoms with van der Waals surface area (Å²) in [4.78, 5) is 8.58. The van der Waals surface area contributed by atoms with E-state index >= 15 is 0 Å². The highest BCUT2D eigenvalue weighted by Crippen LogP contribution is 2.36. The molecule has 0 spiro atoms. The van der Waals surface area contributed by atoms with Crippen LogP contribution in [0, 0.1) is 18.3 Å². The molecule has 0 fully saturated rings. The second-order valence-corrected chi connectivity index (χ2v) is 11.0. The molecule has 34 heavy (non-hydrogen) atoms. The number of nitrogens with zero attached hydrogens (tertiary/aromatic N) is 5. The molecule has 0 atom stereocenters. The van der Waals surface area contributed by atoms with E-state index in [4.69, 9.17) is 9.11 Å². The smallest absolute Gasteiger partial charge is 0.266 e. The van der Waals surface area contributed by atoms with E-state index in [-0.39, 0.29) is 36.0 Å². The number of aromatic nitrogens is 2. The van der Waals surface area contributed by atoms with Crippen LogP contribution >= 0.6 is 11.3 Å². The van der Waals surface area contributed by atoms with Gasteiger partial charge in [0.05, 0.1) is 27.3 Å². The molecule has 13 nitrogen and oxygen atoms in total. The van der Waals surface area contributed by atoms with Crippen molar-refractivity contribution in [2.24, 2.45) is 10.2 Å². The molecule has 4 N–H and O–H groups in total. The van der Waals surface area contributed by atoms with Crippen LogP contribution in [0.3, 0.4) is 0 Å². The summed E-state index contributed by atoms with van der Waals surface area (Å²) in [7, 11) is -8.50. The Kier molecular flexibility index (Phi) is 7.74. The Morgan fingerprint density at radius 1 is 1.00 bits per heavy atom. The van der Waals surface area contributed by atoms with E-state index in [1.165, 1.54) is 11.3 Å². The lowest BCUT2D eigenvalue weighted by molar-refractivity contribution is 0.481. The van der Waals surface area contributed by atoms with Gasteiger partial charge >= 0.3 is 0 Å². The first-order valence-electron chi connectivity index (χ1n) is 9.57. The van der Waals surface area contributed by atoms with Crippen LogP contribution < -0.4 is 10.6 Å². The van der Waals surface area contributed by atoms with E-state index in [1.807, 2.05) is 30.3 Å². The maximum Gasteiger partial charge on any atom is 0.266 e. The van der Waals surface area contributed by atoms with Crippen LogP contribution in [-0.2, 0) is 20.2 Å². The molecule has 0 saturated carbocycles. The third-order valence-corrected chi connectivity index (χ3v) is 6.71. The van der Waals surface area contributed by atoms with Gasteiger partial charge < -0.3 is 10.6 Å². The molecule has 0 radical (unpaired) electrons. The molecule has 180 valence electrons. The number of anilines is 2. The number of para-hydroxylation sites is 1. The van der Waals surface area contributed by atoms with Crippen molar-refractivity contribution in [1.82, 2.24) is 9.97 Å². The molecule has 2 aromatic heterocycles. The Bertz CT molecular complexity index is 1460. The number of rotatable bonds is 10. The van der Waals surface area contributed by atoms with Gasteiger partial charge in [0.2, 0.25) is 5.13 Å². The summed E-state index contributed by atoms with van der Waals surface area (Å²) >= 11 is 1.29. The van der Waals surface area contributed by atoms with Gasteiger partial charge in [-0.3, -0.25) is 9.11 Å². The molecule has 0 saturated heterocycles. The highest BCUT2D eigenvalue weighted by molar-refractivity contribution is 7.86. The minimum absolute atomic E-state index is 0.00283. The van der Waals surface area contributed by atoms with Crippen molar-refractivity contribution in [2.45, 2.75) is 6.92 Å². The molecule has 0 unspecified atom stereocenters. The molecule has 1 aromatic carbocycles. The van der Waals surface area contributed by atoms with Crippen molar-refractivity contribution in [3.05, 3.63) is 35.4 Å². The van der Waals surface area contributed by atoms with Crippen LogP contribution in [0.1, 0.15) is 11.1 Å². The van der Waals surface area contributed by atoms with Gasteiger partial charge in [0.15, 0.2) is 5.82 Å². The van der Waals surface area contributed by atoms with Crippen molar-refractivity contribution in [2.75, 3.05) is 35.2 Å². The summed E-state index contributed by atoms with van der Waals surface area (Å²) < 4.78 is 63.0. The molecule has 3 rings (SSSR count). The minimum Gasteiger partial charge on any atom is -0.368 e. The lowest BCUT2D eigenvalue weighted by Gasteiger charge is -2.15. The Morgan fingerprint density at radius 2 is 1.62 bits per heavy atom. The zero-order chi connectivity index (χ0) is 24.9. The second-order valence-electron chi connectivity index (χ2n) is 6.86. The van der Waals surface area contributed by atoms with Gasteiger partial charge in [0.1, 0.15) is 17.6 Å². The molecule has 16 heteroatoms. The molecule has 0 bridgehead atoms. The SMILES string of the molecule is Cc1c(C#N)c(NCCS(=O)(=O)O)nc(NCCS(=O)(=O)O)c1N=Nc1nc2ccccc2s1. The fourth-order valence-electron chi connectivity index (χ4n) is 2.80. The maximum absolute atomic E-state index is 11.1. The van der Waals surface area contributed by atoms with Crippen LogP contribution in [-0.4, -0.2) is 60.5 Å². The molecule has 0 aliphatic carbocycles. The predicted octanol–water partition coefficient (Wildman–Crippen LogP) is 2.89. The summed E-state index contributed by atoms with van der Waals surface area (Å²) in [6.07, 6.45) is 0. The Morgan fingerprint density at radius 3 is 2.21 bits per heavy atom. The number of nitrogens with one attached hydrogen (secondary N) is 2. The third-order valence-electron chi connectivity index (χ3n) is 4.35. The number of pyridine rings is 1. The average Bonchev–Trinajstić information content (AvgIpc) is 3.14. The van der Waals surface area contributed by atoms with E-state index in [1.54, 1.807) is 6.92 Å². The largest absolute Gasteiger partial charge is 0.368 e. The van der Waals surface area contributed by atoms with Gasteiger partial charge in [-0.1, -0.05) is 23.5 Å². The number of hydrogen-bond acceptors (Lipinski definition) is 12. The minimum atomic E-state index is -4.26. The van der Waals surface area contributed by atoms with E-state index < -0.39 is 31.7 Å². The summed E-state index contributed by atoms with van der Waals surface area (Å²) in [6.45, 7) is 1.09. The third kappa shape index (κ3) is 6.88. The topological polar surface area (TPSA) is 207 Å². The van der Waals surface area contributed by atoms with E-state index in [0.29, 0.717) is 10.7 Å². The van der Waals surface area contributed by atoms with E-state index in [2.05, 4.69) is 30.8 Å². The lowest BCUT2D eigenvalue weighted by atomic mass is 10.1. The van der Waals surface area contributed by atoms with Crippen LogP contribution in [0.25, 0.3) is 10.2 Å². The first kappa shape index (κ1) is 25.4. The first-order chi connectivity index (χ1) is 16.0. The Balaban J connectivity index is 1.99. The van der Waals surface area contributed by atoms with Crippen LogP contribution in [0.15, 0.2) is 34.5 Å². The summed E-state index contributed by atoms with van der Waals surface area (Å²) in [5.41, 5.74) is 1.24. The number of fused-ring (bicyclic) bond motifs is 1. The number of nitriles is 1. The van der Waals surface area contributed by atoms with E-state index in [9.17, 15) is 22.1 Å². The summed E-state index contributed by atoms with van der Waals surface area (Å²) in [5.74, 6) is -1.20. The molecule has 2 heterocycles. The van der Waals surface area contributed by atoms with Gasteiger partial charge in [0, 0.05) is 18.7 Å². The Labute approximate surface area is 199 Å². The van der Waals surface area contributed by atoms with Crippen molar-refractivity contribution < 1.29 is 25.9 Å². The van der Waals surface area contributed by atoms with Gasteiger partial charge in [0.25, 0.3) is 20.2 Å². The predicted molar refractivity (Wildman–Crippen MR) is 127 cm³/mol. The number of benzene rings is 1. The standard InChI is InChI=1S/C18H19N7O6S3/c1-11-12(10-19)16(20-6-8-33(26,27)28)23-17(21-7-9-34(29,30)31)15(11)24-25-18-22-13-4-2-3-5-14(13)32-18/h2-5H,6-9H2,1H3,(H2,20,21,23)(H,26,27,28)(H,29,30,31). The van der Waals surface area contributed by atoms with Gasteiger partial charge in [-0.25, -0.2) is 9.97 Å². The molecular weight excluding hydrogens is 506 g/mol. The highest BCUT2D eigenvalue weighted by atomic mass is 32.2. The van der Waals surface area contributed by atoms with Crippen LogP contribution in [0.2, 0.25) is 0 Å². The molecular formula is C18H19N7O6S3. The number of thiazole rings is 1. The van der Waals surface area contributed by atoms with Gasteiger partial charge in [-0.05, 0) is 19.1 Å². The molecule has 0 aliphatic rings. The molecule has 3 aromatic rings. The fraction of sp³-hybridized carbons (Fsp3) is 0.278. The fourth-order valence-corrected chi connectivity index (χ4v) is 4.30. The lowest BCUT2D eigenvalue weighted by Crippen LogP contribution is -2.18. The quantitative estimate of drug-likeness (QED) is 0.223. The highest BCUT2D eigenvalue weighted by Gasteiger charge is 2.19. The van der Waals surface area contributed by atoms with Crippen LogP contribution in [0.5, 0.6) is 0 Å². The normalized spacial score (nSPS) is 12.2. The summed E-state index contributed by atoms with van der Waals surface area (Å²) in [5, 5.41) is 23.7. The first-order valence-corrected chi connectivity index (χ1v) is 13.6. The van der Waals surface area contributed by atoms with Crippen molar-refractivity contribution in [3.8, 4) is 6.07 Å². The van der Waals surface area contributed by atoms with Crippen molar-refractivity contribution in [1.29, 1.82) is 5.26 Å². The molecule has 0 amide bonds.